The van der Waals surface area contributed by atoms with Crippen LogP contribution in [-0.2, 0) is 11.3 Å². The maximum absolute atomic E-state index is 11.6. The number of pyridine rings is 1. The lowest BCUT2D eigenvalue weighted by Gasteiger charge is -2.06. The Morgan fingerprint density at radius 1 is 1.32 bits per heavy atom. The fourth-order valence-corrected chi connectivity index (χ4v) is 1.45. The van der Waals surface area contributed by atoms with Gasteiger partial charge in [-0.15, -0.1) is 6.42 Å². The molecule has 0 aliphatic rings. The number of nitrogens with zero attached hydrogens (tertiary/aromatic N) is 1. The normalized spacial score (nSPS) is 9.42. The van der Waals surface area contributed by atoms with Crippen molar-refractivity contribution in [3.05, 3.63) is 59.8 Å². The zero-order chi connectivity index (χ0) is 13.5. The lowest BCUT2D eigenvalue weighted by atomic mass is 10.2. The molecule has 0 aliphatic heterocycles. The summed E-state index contributed by atoms with van der Waals surface area (Å²) in [7, 11) is 0. The first-order chi connectivity index (χ1) is 9.28. The van der Waals surface area contributed by atoms with Gasteiger partial charge in [0.15, 0.2) is 0 Å². The number of benzene rings is 1. The number of carbonyl (C=O) groups excluding carboxylic acids is 1. The SMILES string of the molecule is C#Cc1ccnc(NC(=O)OCc2ccccc2)c1. The Morgan fingerprint density at radius 3 is 2.84 bits per heavy atom. The van der Waals surface area contributed by atoms with Crippen LogP contribution < -0.4 is 5.32 Å². The minimum absolute atomic E-state index is 0.210. The summed E-state index contributed by atoms with van der Waals surface area (Å²) in [6.45, 7) is 0.210. The number of rotatable bonds is 3. The van der Waals surface area contributed by atoms with E-state index in [1.165, 1.54) is 6.20 Å². The summed E-state index contributed by atoms with van der Waals surface area (Å²) in [4.78, 5) is 15.5. The Bertz CT molecular complexity index is 603. The van der Waals surface area contributed by atoms with Crippen molar-refractivity contribution in [2.24, 2.45) is 0 Å². The van der Waals surface area contributed by atoms with Crippen molar-refractivity contribution >= 4 is 11.9 Å². The third-order valence-electron chi connectivity index (χ3n) is 2.37. The first kappa shape index (κ1) is 12.7. The van der Waals surface area contributed by atoms with E-state index in [1.54, 1.807) is 12.1 Å². The van der Waals surface area contributed by atoms with Gasteiger partial charge in [0.05, 0.1) is 0 Å². The van der Waals surface area contributed by atoms with E-state index < -0.39 is 6.09 Å². The van der Waals surface area contributed by atoms with Crippen LogP contribution in [0.3, 0.4) is 0 Å². The van der Waals surface area contributed by atoms with E-state index in [0.29, 0.717) is 11.4 Å². The van der Waals surface area contributed by atoms with Gasteiger partial charge in [-0.25, -0.2) is 9.78 Å². The third-order valence-corrected chi connectivity index (χ3v) is 2.37. The van der Waals surface area contributed by atoms with Crippen molar-refractivity contribution in [1.82, 2.24) is 4.98 Å². The van der Waals surface area contributed by atoms with Crippen LogP contribution in [0.4, 0.5) is 10.6 Å². The van der Waals surface area contributed by atoms with Crippen LogP contribution in [0.25, 0.3) is 0 Å². The highest BCUT2D eigenvalue weighted by molar-refractivity contribution is 5.83. The van der Waals surface area contributed by atoms with Crippen molar-refractivity contribution in [2.75, 3.05) is 5.32 Å². The van der Waals surface area contributed by atoms with Crippen LogP contribution in [0, 0.1) is 12.3 Å². The Kier molecular flexibility index (Phi) is 4.14. The fourth-order valence-electron chi connectivity index (χ4n) is 1.45. The van der Waals surface area contributed by atoms with Crippen molar-refractivity contribution < 1.29 is 9.53 Å². The molecule has 0 saturated carbocycles. The van der Waals surface area contributed by atoms with Gasteiger partial charge < -0.3 is 4.74 Å². The fraction of sp³-hybridized carbons (Fsp3) is 0.0667. The summed E-state index contributed by atoms with van der Waals surface area (Å²) < 4.78 is 5.06. The Morgan fingerprint density at radius 2 is 2.11 bits per heavy atom. The Labute approximate surface area is 111 Å². The molecule has 0 spiro atoms. The molecule has 4 nitrogen and oxygen atoms in total. The summed E-state index contributed by atoms with van der Waals surface area (Å²) >= 11 is 0. The summed E-state index contributed by atoms with van der Waals surface area (Å²) in [6.07, 6.45) is 6.23. The molecule has 1 N–H and O–H groups in total. The average molecular weight is 252 g/mol. The number of carbonyl (C=O) groups is 1. The zero-order valence-electron chi connectivity index (χ0n) is 10.2. The minimum atomic E-state index is -0.564. The van der Waals surface area contributed by atoms with Gasteiger partial charge in [-0.3, -0.25) is 5.32 Å². The van der Waals surface area contributed by atoms with Gasteiger partial charge >= 0.3 is 6.09 Å². The molecule has 1 amide bonds. The van der Waals surface area contributed by atoms with Crippen molar-refractivity contribution in [3.63, 3.8) is 0 Å². The maximum atomic E-state index is 11.6. The molecule has 94 valence electrons. The van der Waals surface area contributed by atoms with E-state index in [9.17, 15) is 4.79 Å². The van der Waals surface area contributed by atoms with Gasteiger partial charge in [0.2, 0.25) is 0 Å². The molecule has 19 heavy (non-hydrogen) atoms. The second-order valence-electron chi connectivity index (χ2n) is 3.76. The molecule has 2 rings (SSSR count). The molecule has 0 saturated heterocycles. The molecular weight excluding hydrogens is 240 g/mol. The van der Waals surface area contributed by atoms with Crippen molar-refractivity contribution in [3.8, 4) is 12.3 Å². The second-order valence-corrected chi connectivity index (χ2v) is 3.76. The average Bonchev–Trinajstić information content (AvgIpc) is 2.46. The molecule has 0 aliphatic carbocycles. The van der Waals surface area contributed by atoms with E-state index >= 15 is 0 Å². The molecule has 2 aromatic rings. The topological polar surface area (TPSA) is 51.2 Å². The highest BCUT2D eigenvalue weighted by Crippen LogP contribution is 2.07. The van der Waals surface area contributed by atoms with Crippen LogP contribution in [0.2, 0.25) is 0 Å². The first-order valence-electron chi connectivity index (χ1n) is 5.68. The summed E-state index contributed by atoms with van der Waals surface area (Å²) in [5.41, 5.74) is 1.57. The van der Waals surface area contributed by atoms with Gasteiger partial charge in [-0.1, -0.05) is 36.3 Å². The quantitative estimate of drug-likeness (QED) is 0.854. The van der Waals surface area contributed by atoms with Crippen LogP contribution >= 0.6 is 0 Å². The molecular formula is C15H12N2O2. The number of ether oxygens (including phenoxy) is 1. The predicted octanol–water partition coefficient (Wildman–Crippen LogP) is 2.81. The molecule has 1 aromatic carbocycles. The van der Waals surface area contributed by atoms with E-state index in [-0.39, 0.29) is 6.61 Å². The number of terminal acetylenes is 1. The Hall–Kier alpha value is -2.80. The van der Waals surface area contributed by atoms with Crippen molar-refractivity contribution in [2.45, 2.75) is 6.61 Å². The molecule has 0 radical (unpaired) electrons. The Balaban J connectivity index is 1.89. The van der Waals surface area contributed by atoms with E-state index in [2.05, 4.69) is 16.2 Å². The largest absolute Gasteiger partial charge is 0.444 e. The molecule has 0 bridgehead atoms. The van der Waals surface area contributed by atoms with Crippen LogP contribution in [-0.4, -0.2) is 11.1 Å². The maximum Gasteiger partial charge on any atom is 0.413 e. The van der Waals surface area contributed by atoms with E-state index in [0.717, 1.165) is 5.56 Å². The standard InChI is InChI=1S/C15H12N2O2/c1-2-12-8-9-16-14(10-12)17-15(18)19-11-13-6-4-3-5-7-13/h1,3-10H,11H2,(H,16,17,18). The molecule has 0 unspecified atom stereocenters. The molecule has 1 heterocycles. The number of anilines is 1. The lowest BCUT2D eigenvalue weighted by molar-refractivity contribution is 0.155. The summed E-state index contributed by atoms with van der Waals surface area (Å²) in [6, 6.07) is 12.7. The lowest BCUT2D eigenvalue weighted by Crippen LogP contribution is -2.14. The number of amides is 1. The number of hydrogen-bond acceptors (Lipinski definition) is 3. The van der Waals surface area contributed by atoms with Gasteiger partial charge in [0.1, 0.15) is 12.4 Å². The van der Waals surface area contributed by atoms with Gasteiger partial charge in [0, 0.05) is 11.8 Å². The zero-order valence-corrected chi connectivity index (χ0v) is 10.2. The third kappa shape index (κ3) is 3.86. The second kappa shape index (κ2) is 6.22. The molecule has 4 heteroatoms. The smallest absolute Gasteiger partial charge is 0.413 e. The van der Waals surface area contributed by atoms with Gasteiger partial charge in [0.25, 0.3) is 0 Å². The van der Waals surface area contributed by atoms with Crippen molar-refractivity contribution in [1.29, 1.82) is 0 Å². The molecule has 0 atom stereocenters. The highest BCUT2D eigenvalue weighted by atomic mass is 16.5. The number of hydrogen-bond donors (Lipinski definition) is 1. The minimum Gasteiger partial charge on any atom is -0.444 e. The van der Waals surface area contributed by atoms with E-state index in [1.807, 2.05) is 30.3 Å². The van der Waals surface area contributed by atoms with E-state index in [4.69, 9.17) is 11.2 Å². The van der Waals surface area contributed by atoms with Crippen LogP contribution in [0.15, 0.2) is 48.7 Å². The predicted molar refractivity (Wildman–Crippen MR) is 72.4 cm³/mol. The summed E-state index contributed by atoms with van der Waals surface area (Å²) in [5, 5.41) is 2.52. The van der Waals surface area contributed by atoms with Crippen LogP contribution in [0.5, 0.6) is 0 Å². The highest BCUT2D eigenvalue weighted by Gasteiger charge is 2.04. The first-order valence-corrected chi connectivity index (χ1v) is 5.68. The molecule has 1 aromatic heterocycles. The monoisotopic (exact) mass is 252 g/mol. The molecule has 0 fully saturated rings. The summed E-state index contributed by atoms with van der Waals surface area (Å²) in [5.74, 6) is 2.84. The number of nitrogens with one attached hydrogen (secondary N) is 1. The van der Waals surface area contributed by atoms with Gasteiger partial charge in [-0.2, -0.15) is 0 Å². The number of aromatic nitrogens is 1. The van der Waals surface area contributed by atoms with Gasteiger partial charge in [-0.05, 0) is 17.7 Å². The van der Waals surface area contributed by atoms with Crippen LogP contribution in [0.1, 0.15) is 11.1 Å².